The molecule has 5 nitrogen and oxygen atoms in total. The zero-order valence-electron chi connectivity index (χ0n) is 11.7. The molecule has 0 radical (unpaired) electrons. The molecule has 5 heteroatoms. The predicted molar refractivity (Wildman–Crippen MR) is 71.9 cm³/mol. The summed E-state index contributed by atoms with van der Waals surface area (Å²) in [5.41, 5.74) is -0.953. The molecule has 2 rings (SSSR count). The van der Waals surface area contributed by atoms with Gasteiger partial charge in [-0.3, -0.25) is 4.79 Å². The average molecular weight is 268 g/mol. The molecule has 2 atom stereocenters. The molecule has 0 saturated carbocycles. The Hall–Kier alpha value is -1.10. The minimum Gasteiger partial charge on any atom is -0.479 e. The van der Waals surface area contributed by atoms with Crippen LogP contribution < -0.4 is 5.32 Å². The van der Waals surface area contributed by atoms with E-state index in [1.54, 1.807) is 4.90 Å². The SMILES string of the molecule is CCCC1(C(=O)O)CCCN1C(=O)C1CCCCN1. The highest BCUT2D eigenvalue weighted by Crippen LogP contribution is 2.35. The fraction of sp³-hybridized carbons (Fsp3) is 0.857. The standard InChI is InChI=1S/C14H24N2O3/c1-2-7-14(13(18)19)8-5-10-16(14)12(17)11-6-3-4-9-15-11/h11,15H,2-10H2,1H3,(H,18,19). The number of hydrogen-bond donors (Lipinski definition) is 2. The van der Waals surface area contributed by atoms with Crippen LogP contribution in [0, 0.1) is 0 Å². The van der Waals surface area contributed by atoms with E-state index in [-0.39, 0.29) is 11.9 Å². The van der Waals surface area contributed by atoms with Gasteiger partial charge in [-0.2, -0.15) is 0 Å². The van der Waals surface area contributed by atoms with Crippen LogP contribution in [-0.4, -0.2) is 46.6 Å². The molecule has 1 amide bonds. The summed E-state index contributed by atoms with van der Waals surface area (Å²) in [7, 11) is 0. The first-order valence-electron chi connectivity index (χ1n) is 7.40. The molecule has 0 aromatic carbocycles. The van der Waals surface area contributed by atoms with Crippen molar-refractivity contribution in [3.05, 3.63) is 0 Å². The molecule has 2 N–H and O–H groups in total. The maximum atomic E-state index is 12.6. The number of hydrogen-bond acceptors (Lipinski definition) is 3. The lowest BCUT2D eigenvalue weighted by Gasteiger charge is -2.37. The van der Waals surface area contributed by atoms with Gasteiger partial charge in [-0.25, -0.2) is 4.79 Å². The monoisotopic (exact) mass is 268 g/mol. The number of likely N-dealkylation sites (tertiary alicyclic amines) is 1. The van der Waals surface area contributed by atoms with Gasteiger partial charge in [0.05, 0.1) is 6.04 Å². The number of nitrogens with zero attached hydrogens (tertiary/aromatic N) is 1. The zero-order chi connectivity index (χ0) is 13.9. The van der Waals surface area contributed by atoms with Gasteiger partial charge in [0.15, 0.2) is 0 Å². The van der Waals surface area contributed by atoms with Crippen LogP contribution in [0.15, 0.2) is 0 Å². The molecule has 0 aromatic rings. The number of carbonyl (C=O) groups is 2. The first-order valence-corrected chi connectivity index (χ1v) is 7.40. The van der Waals surface area contributed by atoms with Crippen LogP contribution in [-0.2, 0) is 9.59 Å². The maximum Gasteiger partial charge on any atom is 0.329 e. The van der Waals surface area contributed by atoms with Crippen LogP contribution >= 0.6 is 0 Å². The molecule has 2 aliphatic heterocycles. The summed E-state index contributed by atoms with van der Waals surface area (Å²) in [5, 5.41) is 12.8. The second-order valence-corrected chi connectivity index (χ2v) is 5.68. The number of amides is 1. The Morgan fingerprint density at radius 2 is 2.16 bits per heavy atom. The Balaban J connectivity index is 2.16. The third-order valence-corrected chi connectivity index (χ3v) is 4.42. The fourth-order valence-electron chi connectivity index (χ4n) is 3.45. The minimum absolute atomic E-state index is 0.00644. The summed E-state index contributed by atoms with van der Waals surface area (Å²) in [5.74, 6) is -0.843. The lowest BCUT2D eigenvalue weighted by molar-refractivity contribution is -0.158. The molecular formula is C14H24N2O3. The quantitative estimate of drug-likeness (QED) is 0.808. The Morgan fingerprint density at radius 1 is 1.37 bits per heavy atom. The van der Waals surface area contributed by atoms with Crippen LogP contribution in [0.3, 0.4) is 0 Å². The molecule has 2 unspecified atom stereocenters. The number of carbonyl (C=O) groups excluding carboxylic acids is 1. The Kier molecular flexibility index (Phi) is 4.45. The molecular weight excluding hydrogens is 244 g/mol. The highest BCUT2D eigenvalue weighted by molar-refractivity contribution is 5.90. The Morgan fingerprint density at radius 3 is 2.74 bits per heavy atom. The highest BCUT2D eigenvalue weighted by Gasteiger charge is 2.50. The smallest absolute Gasteiger partial charge is 0.329 e. The first-order chi connectivity index (χ1) is 9.12. The molecule has 2 fully saturated rings. The van der Waals surface area contributed by atoms with Crippen LogP contribution in [0.4, 0.5) is 0 Å². The van der Waals surface area contributed by atoms with E-state index in [0.29, 0.717) is 19.4 Å². The summed E-state index contributed by atoms with van der Waals surface area (Å²) in [6, 6.07) is -0.178. The molecule has 0 spiro atoms. The normalized spacial score (nSPS) is 31.4. The van der Waals surface area contributed by atoms with Gasteiger partial charge < -0.3 is 15.3 Å². The van der Waals surface area contributed by atoms with Crippen molar-refractivity contribution in [3.8, 4) is 0 Å². The molecule has 108 valence electrons. The second-order valence-electron chi connectivity index (χ2n) is 5.68. The molecule has 0 aliphatic carbocycles. The lowest BCUT2D eigenvalue weighted by Crippen LogP contribution is -2.58. The van der Waals surface area contributed by atoms with Gasteiger partial charge in [-0.05, 0) is 38.6 Å². The topological polar surface area (TPSA) is 69.6 Å². The highest BCUT2D eigenvalue weighted by atomic mass is 16.4. The van der Waals surface area contributed by atoms with Gasteiger partial charge in [0.1, 0.15) is 5.54 Å². The maximum absolute atomic E-state index is 12.6. The van der Waals surface area contributed by atoms with Crippen molar-refractivity contribution >= 4 is 11.9 Å². The molecule has 2 heterocycles. The van der Waals surface area contributed by atoms with Crippen LogP contribution in [0.5, 0.6) is 0 Å². The van der Waals surface area contributed by atoms with Crippen molar-refractivity contribution in [3.63, 3.8) is 0 Å². The number of carboxylic acids is 1. The van der Waals surface area contributed by atoms with E-state index < -0.39 is 11.5 Å². The van der Waals surface area contributed by atoms with Gasteiger partial charge in [0, 0.05) is 6.54 Å². The summed E-state index contributed by atoms with van der Waals surface area (Å²) in [4.78, 5) is 25.9. The van der Waals surface area contributed by atoms with Gasteiger partial charge >= 0.3 is 5.97 Å². The van der Waals surface area contributed by atoms with Crippen molar-refractivity contribution in [2.45, 2.75) is 63.5 Å². The van der Waals surface area contributed by atoms with E-state index in [9.17, 15) is 14.7 Å². The van der Waals surface area contributed by atoms with Crippen molar-refractivity contribution in [1.82, 2.24) is 10.2 Å². The summed E-state index contributed by atoms with van der Waals surface area (Å²) in [6.45, 7) is 3.42. The van der Waals surface area contributed by atoms with Gasteiger partial charge in [-0.15, -0.1) is 0 Å². The first kappa shape index (κ1) is 14.3. The van der Waals surface area contributed by atoms with Crippen LogP contribution in [0.2, 0.25) is 0 Å². The van der Waals surface area contributed by atoms with E-state index >= 15 is 0 Å². The van der Waals surface area contributed by atoms with E-state index in [4.69, 9.17) is 0 Å². The molecule has 0 aromatic heterocycles. The fourth-order valence-corrected chi connectivity index (χ4v) is 3.45. The largest absolute Gasteiger partial charge is 0.479 e. The van der Waals surface area contributed by atoms with E-state index in [1.807, 2.05) is 6.92 Å². The number of carboxylic acid groups (broad SMARTS) is 1. The van der Waals surface area contributed by atoms with E-state index in [1.165, 1.54) is 0 Å². The third-order valence-electron chi connectivity index (χ3n) is 4.42. The molecule has 19 heavy (non-hydrogen) atoms. The zero-order valence-corrected chi connectivity index (χ0v) is 11.7. The molecule has 2 aliphatic rings. The Labute approximate surface area is 114 Å². The van der Waals surface area contributed by atoms with Gasteiger partial charge in [0.25, 0.3) is 0 Å². The summed E-state index contributed by atoms with van der Waals surface area (Å²) in [6.07, 6.45) is 5.71. The van der Waals surface area contributed by atoms with E-state index in [2.05, 4.69) is 5.32 Å². The van der Waals surface area contributed by atoms with E-state index in [0.717, 1.165) is 38.6 Å². The number of nitrogens with one attached hydrogen (secondary N) is 1. The van der Waals surface area contributed by atoms with Crippen molar-refractivity contribution in [2.24, 2.45) is 0 Å². The van der Waals surface area contributed by atoms with Crippen molar-refractivity contribution < 1.29 is 14.7 Å². The predicted octanol–water partition coefficient (Wildman–Crippen LogP) is 1.37. The van der Waals surface area contributed by atoms with Crippen molar-refractivity contribution in [2.75, 3.05) is 13.1 Å². The average Bonchev–Trinajstić information content (AvgIpc) is 2.84. The number of aliphatic carboxylic acids is 1. The second kappa shape index (κ2) is 5.90. The van der Waals surface area contributed by atoms with Crippen molar-refractivity contribution in [1.29, 1.82) is 0 Å². The minimum atomic E-state index is -0.953. The van der Waals surface area contributed by atoms with Gasteiger partial charge in [-0.1, -0.05) is 19.8 Å². The lowest BCUT2D eigenvalue weighted by atomic mass is 9.89. The summed E-state index contributed by atoms with van der Waals surface area (Å²) >= 11 is 0. The third kappa shape index (κ3) is 2.61. The number of piperidine rings is 1. The van der Waals surface area contributed by atoms with Crippen LogP contribution in [0.25, 0.3) is 0 Å². The number of rotatable bonds is 4. The Bertz CT molecular complexity index is 353. The summed E-state index contributed by atoms with van der Waals surface area (Å²) < 4.78 is 0. The van der Waals surface area contributed by atoms with Gasteiger partial charge in [0.2, 0.25) is 5.91 Å². The van der Waals surface area contributed by atoms with Crippen LogP contribution in [0.1, 0.15) is 51.9 Å². The molecule has 0 bridgehead atoms. The molecule has 2 saturated heterocycles.